The lowest BCUT2D eigenvalue weighted by Crippen LogP contribution is -2.43. The summed E-state index contributed by atoms with van der Waals surface area (Å²) in [6.45, 7) is 2.84. The van der Waals surface area contributed by atoms with Gasteiger partial charge in [-0.25, -0.2) is 0 Å². The Morgan fingerprint density at radius 2 is 2.44 bits per heavy atom. The lowest BCUT2D eigenvalue weighted by Gasteiger charge is -2.22. The van der Waals surface area contributed by atoms with E-state index in [0.717, 1.165) is 37.3 Å². The van der Waals surface area contributed by atoms with E-state index in [1.54, 1.807) is 4.68 Å². The van der Waals surface area contributed by atoms with Crippen LogP contribution in [0.4, 0.5) is 5.82 Å². The van der Waals surface area contributed by atoms with Crippen molar-refractivity contribution in [3.63, 3.8) is 0 Å². The Kier molecular flexibility index (Phi) is 3.24. The van der Waals surface area contributed by atoms with Crippen LogP contribution in [-0.2, 0) is 11.8 Å². The second kappa shape index (κ2) is 4.65. The second-order valence-corrected chi connectivity index (χ2v) is 4.29. The fourth-order valence-corrected chi connectivity index (χ4v) is 2.02. The number of rotatable bonds is 2. The van der Waals surface area contributed by atoms with Crippen LogP contribution >= 0.6 is 0 Å². The van der Waals surface area contributed by atoms with Gasteiger partial charge in [-0.05, 0) is 26.3 Å². The third kappa shape index (κ3) is 2.41. The van der Waals surface area contributed by atoms with Crippen LogP contribution in [0.25, 0.3) is 0 Å². The molecule has 1 fully saturated rings. The maximum Gasteiger partial charge on any atom is 0.242 e. The molecule has 1 aliphatic rings. The summed E-state index contributed by atoms with van der Waals surface area (Å²) in [7, 11) is 1.83. The molecule has 1 aromatic rings. The largest absolute Gasteiger partial charge is 0.310 e. The molecule has 0 radical (unpaired) electrons. The van der Waals surface area contributed by atoms with E-state index in [0.29, 0.717) is 0 Å². The number of aromatic nitrogens is 2. The van der Waals surface area contributed by atoms with Crippen molar-refractivity contribution in [2.45, 2.75) is 32.2 Å². The van der Waals surface area contributed by atoms with E-state index in [2.05, 4.69) is 15.7 Å². The van der Waals surface area contributed by atoms with Crippen molar-refractivity contribution >= 4 is 11.7 Å². The van der Waals surface area contributed by atoms with Gasteiger partial charge in [0.1, 0.15) is 5.82 Å². The molecule has 0 spiro atoms. The van der Waals surface area contributed by atoms with E-state index in [-0.39, 0.29) is 11.9 Å². The first kappa shape index (κ1) is 11.1. The summed E-state index contributed by atoms with van der Waals surface area (Å²) >= 11 is 0. The third-order valence-corrected chi connectivity index (χ3v) is 2.88. The molecule has 2 heterocycles. The van der Waals surface area contributed by atoms with E-state index in [1.807, 2.05) is 20.0 Å². The normalized spacial score (nSPS) is 20.8. The van der Waals surface area contributed by atoms with E-state index in [4.69, 9.17) is 0 Å². The number of piperidine rings is 1. The Morgan fingerprint density at radius 3 is 3.00 bits per heavy atom. The van der Waals surface area contributed by atoms with Crippen molar-refractivity contribution < 1.29 is 4.79 Å². The summed E-state index contributed by atoms with van der Waals surface area (Å²) in [6, 6.07) is 1.82. The highest BCUT2D eigenvalue weighted by Crippen LogP contribution is 2.12. The first-order chi connectivity index (χ1) is 7.66. The fraction of sp³-hybridized carbons (Fsp3) is 0.636. The molecule has 0 unspecified atom stereocenters. The molecular formula is C11H18N4O. The van der Waals surface area contributed by atoms with Crippen molar-refractivity contribution in [3.8, 4) is 0 Å². The molecule has 2 N–H and O–H groups in total. The standard InChI is InChI=1S/C11H18N4O/c1-8-7-10(15(2)14-8)13-11(16)9-5-3-4-6-12-9/h7,9,12H,3-6H2,1-2H3,(H,13,16)/t9-/m0/s1. The van der Waals surface area contributed by atoms with Gasteiger partial charge in [0.05, 0.1) is 11.7 Å². The summed E-state index contributed by atoms with van der Waals surface area (Å²) in [5.41, 5.74) is 0.911. The lowest BCUT2D eigenvalue weighted by molar-refractivity contribution is -0.118. The minimum absolute atomic E-state index is 0.0442. The number of carbonyl (C=O) groups excluding carboxylic acids is 1. The van der Waals surface area contributed by atoms with Crippen molar-refractivity contribution in [1.29, 1.82) is 0 Å². The molecule has 1 atom stereocenters. The van der Waals surface area contributed by atoms with Gasteiger partial charge < -0.3 is 10.6 Å². The number of aryl methyl sites for hydroxylation is 2. The van der Waals surface area contributed by atoms with Crippen LogP contribution in [0.2, 0.25) is 0 Å². The van der Waals surface area contributed by atoms with Crippen molar-refractivity contribution in [2.24, 2.45) is 7.05 Å². The topological polar surface area (TPSA) is 59.0 Å². The molecule has 1 aliphatic heterocycles. The minimum atomic E-state index is -0.0519. The monoisotopic (exact) mass is 222 g/mol. The smallest absolute Gasteiger partial charge is 0.242 e. The van der Waals surface area contributed by atoms with Crippen molar-refractivity contribution in [1.82, 2.24) is 15.1 Å². The molecule has 0 saturated carbocycles. The molecule has 16 heavy (non-hydrogen) atoms. The zero-order valence-electron chi connectivity index (χ0n) is 9.79. The quantitative estimate of drug-likeness (QED) is 0.778. The van der Waals surface area contributed by atoms with Crippen LogP contribution < -0.4 is 10.6 Å². The fourth-order valence-electron chi connectivity index (χ4n) is 2.02. The summed E-state index contributed by atoms with van der Waals surface area (Å²) < 4.78 is 1.69. The Hall–Kier alpha value is -1.36. The van der Waals surface area contributed by atoms with Crippen LogP contribution in [0.5, 0.6) is 0 Å². The number of nitrogens with one attached hydrogen (secondary N) is 2. The van der Waals surface area contributed by atoms with E-state index in [1.165, 1.54) is 0 Å². The molecule has 1 aromatic heterocycles. The van der Waals surface area contributed by atoms with Crippen molar-refractivity contribution in [2.75, 3.05) is 11.9 Å². The molecule has 0 bridgehead atoms. The van der Waals surface area contributed by atoms with Crippen LogP contribution in [0, 0.1) is 6.92 Å². The Morgan fingerprint density at radius 1 is 1.62 bits per heavy atom. The zero-order chi connectivity index (χ0) is 11.5. The van der Waals surface area contributed by atoms with E-state index in [9.17, 15) is 4.79 Å². The molecule has 1 amide bonds. The van der Waals surface area contributed by atoms with Gasteiger partial charge in [-0.1, -0.05) is 6.42 Å². The van der Waals surface area contributed by atoms with Crippen LogP contribution in [-0.4, -0.2) is 28.3 Å². The Labute approximate surface area is 95.2 Å². The van der Waals surface area contributed by atoms with Crippen LogP contribution in [0.15, 0.2) is 6.07 Å². The Balaban J connectivity index is 1.98. The van der Waals surface area contributed by atoms with Gasteiger partial charge in [0, 0.05) is 13.1 Å². The highest BCUT2D eigenvalue weighted by molar-refractivity contribution is 5.94. The molecule has 5 heteroatoms. The molecule has 2 rings (SSSR count). The number of anilines is 1. The van der Waals surface area contributed by atoms with E-state index < -0.39 is 0 Å². The number of carbonyl (C=O) groups is 1. The van der Waals surface area contributed by atoms with Gasteiger partial charge >= 0.3 is 0 Å². The molecule has 0 aliphatic carbocycles. The number of nitrogens with zero attached hydrogens (tertiary/aromatic N) is 2. The highest BCUT2D eigenvalue weighted by Gasteiger charge is 2.21. The van der Waals surface area contributed by atoms with Gasteiger partial charge in [-0.15, -0.1) is 0 Å². The summed E-state index contributed by atoms with van der Waals surface area (Å²) in [6.07, 6.45) is 3.20. The summed E-state index contributed by atoms with van der Waals surface area (Å²) in [5, 5.41) is 10.3. The van der Waals surface area contributed by atoms with E-state index >= 15 is 0 Å². The minimum Gasteiger partial charge on any atom is -0.310 e. The first-order valence-corrected chi connectivity index (χ1v) is 5.72. The maximum atomic E-state index is 11.9. The number of hydrogen-bond donors (Lipinski definition) is 2. The van der Waals surface area contributed by atoms with Gasteiger partial charge in [-0.3, -0.25) is 9.48 Å². The lowest BCUT2D eigenvalue weighted by atomic mass is 10.0. The average Bonchev–Trinajstić information content (AvgIpc) is 2.59. The van der Waals surface area contributed by atoms with Gasteiger partial charge in [0.25, 0.3) is 0 Å². The SMILES string of the molecule is Cc1cc(NC(=O)[C@@H]2CCCCN2)n(C)n1. The zero-order valence-corrected chi connectivity index (χ0v) is 9.79. The number of amides is 1. The van der Waals surface area contributed by atoms with Crippen LogP contribution in [0.3, 0.4) is 0 Å². The third-order valence-electron chi connectivity index (χ3n) is 2.88. The summed E-state index contributed by atoms with van der Waals surface area (Å²) in [4.78, 5) is 11.9. The maximum absolute atomic E-state index is 11.9. The predicted molar refractivity (Wildman–Crippen MR) is 62.2 cm³/mol. The van der Waals surface area contributed by atoms with Gasteiger partial charge in [0.15, 0.2) is 0 Å². The van der Waals surface area contributed by atoms with Gasteiger partial charge in [-0.2, -0.15) is 5.10 Å². The Bertz CT molecular complexity index is 379. The summed E-state index contributed by atoms with van der Waals surface area (Å²) in [5.74, 6) is 0.803. The molecular weight excluding hydrogens is 204 g/mol. The molecule has 0 aromatic carbocycles. The highest BCUT2D eigenvalue weighted by atomic mass is 16.2. The predicted octanol–water partition coefficient (Wildman–Crippen LogP) is 0.809. The molecule has 5 nitrogen and oxygen atoms in total. The molecule has 1 saturated heterocycles. The van der Waals surface area contributed by atoms with Crippen LogP contribution in [0.1, 0.15) is 25.0 Å². The van der Waals surface area contributed by atoms with Crippen molar-refractivity contribution in [3.05, 3.63) is 11.8 Å². The average molecular weight is 222 g/mol. The van der Waals surface area contributed by atoms with Gasteiger partial charge in [0.2, 0.25) is 5.91 Å². The molecule has 88 valence electrons. The number of hydrogen-bond acceptors (Lipinski definition) is 3. The first-order valence-electron chi connectivity index (χ1n) is 5.72. The second-order valence-electron chi connectivity index (χ2n) is 4.29.